The van der Waals surface area contributed by atoms with Crippen molar-refractivity contribution in [2.45, 2.75) is 38.3 Å². The van der Waals surface area contributed by atoms with Crippen molar-refractivity contribution in [3.8, 4) is 5.82 Å². The molecule has 0 aliphatic carbocycles. The summed E-state index contributed by atoms with van der Waals surface area (Å²) in [7, 11) is 0. The molecule has 0 bridgehead atoms. The predicted molar refractivity (Wildman–Crippen MR) is 101 cm³/mol. The first-order valence-electron chi connectivity index (χ1n) is 8.68. The van der Waals surface area contributed by atoms with Crippen LogP contribution in [0.15, 0.2) is 67.8 Å². The van der Waals surface area contributed by atoms with E-state index in [1.54, 1.807) is 23.3 Å². The fourth-order valence-electron chi connectivity index (χ4n) is 3.41. The van der Waals surface area contributed by atoms with Crippen molar-refractivity contribution in [3.63, 3.8) is 0 Å². The molecule has 134 valence electrons. The molecular weight excluding hydrogens is 326 g/mol. The lowest BCUT2D eigenvalue weighted by Crippen LogP contribution is -2.49. The first-order chi connectivity index (χ1) is 12.6. The minimum atomic E-state index is -0.0811. The fraction of sp³-hybridized carbons (Fsp3) is 0.300. The monoisotopic (exact) mass is 349 g/mol. The van der Waals surface area contributed by atoms with Gasteiger partial charge in [-0.05, 0) is 38.3 Å². The number of amides is 1. The highest BCUT2D eigenvalue weighted by atomic mass is 16.2. The highest BCUT2D eigenvalue weighted by molar-refractivity contribution is 5.93. The Morgan fingerprint density at radius 1 is 1.23 bits per heavy atom. The third-order valence-electron chi connectivity index (χ3n) is 4.50. The van der Waals surface area contributed by atoms with Gasteiger partial charge in [0.05, 0.1) is 6.04 Å². The summed E-state index contributed by atoms with van der Waals surface area (Å²) in [5, 5.41) is 7.58. The molecule has 0 N–H and O–H groups in total. The molecule has 1 aliphatic heterocycles. The van der Waals surface area contributed by atoms with Gasteiger partial charge in [0.15, 0.2) is 0 Å². The minimum absolute atomic E-state index is 0.0148. The van der Waals surface area contributed by atoms with Crippen molar-refractivity contribution in [2.24, 2.45) is 0 Å². The highest BCUT2D eigenvalue weighted by Gasteiger charge is 2.33. The van der Waals surface area contributed by atoms with Gasteiger partial charge in [-0.1, -0.05) is 29.9 Å². The summed E-state index contributed by atoms with van der Waals surface area (Å²) >= 11 is 0. The van der Waals surface area contributed by atoms with Crippen LogP contribution in [-0.4, -0.2) is 42.6 Å². The molecule has 2 aromatic rings. The van der Waals surface area contributed by atoms with Crippen molar-refractivity contribution in [1.82, 2.24) is 24.6 Å². The van der Waals surface area contributed by atoms with Crippen LogP contribution in [0.4, 0.5) is 0 Å². The van der Waals surface area contributed by atoms with E-state index in [-0.39, 0.29) is 18.0 Å². The lowest BCUT2D eigenvalue weighted by Gasteiger charge is -2.40. The smallest absolute Gasteiger partial charge is 0.273 e. The van der Waals surface area contributed by atoms with Crippen LogP contribution in [0.5, 0.6) is 0 Å². The molecule has 26 heavy (non-hydrogen) atoms. The summed E-state index contributed by atoms with van der Waals surface area (Å²) in [5.41, 5.74) is 1.70. The molecule has 0 radical (unpaired) electrons. The van der Waals surface area contributed by atoms with Gasteiger partial charge in [-0.15, -0.1) is 23.4 Å². The van der Waals surface area contributed by atoms with Gasteiger partial charge >= 0.3 is 0 Å². The van der Waals surface area contributed by atoms with Crippen molar-refractivity contribution >= 4 is 5.91 Å². The lowest BCUT2D eigenvalue weighted by atomic mass is 9.92. The van der Waals surface area contributed by atoms with Crippen LogP contribution in [0.25, 0.3) is 5.82 Å². The Bertz CT molecular complexity index is 824. The first-order valence-corrected chi connectivity index (χ1v) is 8.68. The zero-order valence-corrected chi connectivity index (χ0v) is 15.0. The molecule has 0 unspecified atom stereocenters. The Morgan fingerprint density at radius 3 is 2.65 bits per heavy atom. The van der Waals surface area contributed by atoms with E-state index in [1.165, 1.54) is 5.57 Å². The number of hydrogen-bond acceptors (Lipinski definition) is 4. The molecule has 0 fully saturated rings. The predicted octanol–water partition coefficient (Wildman–Crippen LogP) is 3.34. The van der Waals surface area contributed by atoms with Gasteiger partial charge in [-0.25, -0.2) is 4.98 Å². The number of pyridine rings is 1. The SMILES string of the molecule is C=CC[C@H]1CC(C)=C[C@H](CC=C)N1C(=O)c1cccc(-n2cnnc2)n1. The van der Waals surface area contributed by atoms with Crippen LogP contribution in [0.1, 0.15) is 36.7 Å². The topological polar surface area (TPSA) is 63.9 Å². The second-order valence-electron chi connectivity index (χ2n) is 6.45. The number of nitrogens with zero attached hydrogens (tertiary/aromatic N) is 5. The molecule has 0 spiro atoms. The van der Waals surface area contributed by atoms with Crippen LogP contribution >= 0.6 is 0 Å². The van der Waals surface area contributed by atoms with E-state index in [9.17, 15) is 4.79 Å². The third-order valence-corrected chi connectivity index (χ3v) is 4.50. The van der Waals surface area contributed by atoms with Crippen molar-refractivity contribution in [3.05, 3.63) is 73.5 Å². The Labute approximate surface area is 153 Å². The Morgan fingerprint density at radius 2 is 1.96 bits per heavy atom. The summed E-state index contributed by atoms with van der Waals surface area (Å²) in [6, 6.07) is 5.46. The maximum Gasteiger partial charge on any atom is 0.273 e. The second-order valence-corrected chi connectivity index (χ2v) is 6.45. The summed E-state index contributed by atoms with van der Waals surface area (Å²) in [6.07, 6.45) is 11.3. The molecule has 0 saturated carbocycles. The Balaban J connectivity index is 1.96. The molecular formula is C20H23N5O. The molecule has 2 atom stereocenters. The number of carbonyl (C=O) groups excluding carboxylic acids is 1. The van der Waals surface area contributed by atoms with Crippen LogP contribution in [0.2, 0.25) is 0 Å². The molecule has 0 saturated heterocycles. The molecule has 0 aromatic carbocycles. The second kappa shape index (κ2) is 7.91. The quantitative estimate of drug-likeness (QED) is 0.750. The lowest BCUT2D eigenvalue weighted by molar-refractivity contribution is 0.0595. The molecule has 3 heterocycles. The molecule has 1 amide bonds. The minimum Gasteiger partial charge on any atom is -0.327 e. The molecule has 3 rings (SSSR count). The zero-order chi connectivity index (χ0) is 18.5. The summed E-state index contributed by atoms with van der Waals surface area (Å²) in [5.74, 6) is 0.535. The van der Waals surface area contributed by atoms with Gasteiger partial charge in [0.25, 0.3) is 5.91 Å². The normalized spacial score (nSPS) is 19.7. The maximum absolute atomic E-state index is 13.3. The largest absolute Gasteiger partial charge is 0.327 e. The Kier molecular flexibility index (Phi) is 5.41. The number of aromatic nitrogens is 4. The van der Waals surface area contributed by atoms with Crippen molar-refractivity contribution in [1.29, 1.82) is 0 Å². The molecule has 2 aromatic heterocycles. The average Bonchev–Trinajstić information content (AvgIpc) is 3.16. The first kappa shape index (κ1) is 17.8. The summed E-state index contributed by atoms with van der Waals surface area (Å²) in [4.78, 5) is 19.8. The van der Waals surface area contributed by atoms with Crippen LogP contribution < -0.4 is 0 Å². The summed E-state index contributed by atoms with van der Waals surface area (Å²) < 4.78 is 1.68. The van der Waals surface area contributed by atoms with Crippen molar-refractivity contribution in [2.75, 3.05) is 0 Å². The number of carbonyl (C=O) groups is 1. The van der Waals surface area contributed by atoms with Gasteiger partial charge in [-0.3, -0.25) is 9.36 Å². The van der Waals surface area contributed by atoms with E-state index >= 15 is 0 Å². The average molecular weight is 349 g/mol. The highest BCUT2D eigenvalue weighted by Crippen LogP contribution is 2.28. The van der Waals surface area contributed by atoms with Crippen LogP contribution in [0.3, 0.4) is 0 Å². The van der Waals surface area contributed by atoms with Gasteiger partial charge in [0.2, 0.25) is 0 Å². The summed E-state index contributed by atoms with van der Waals surface area (Å²) in [6.45, 7) is 9.81. The van der Waals surface area contributed by atoms with E-state index in [0.717, 1.165) is 12.8 Å². The molecule has 6 nitrogen and oxygen atoms in total. The van der Waals surface area contributed by atoms with E-state index in [0.29, 0.717) is 17.9 Å². The standard InChI is InChI=1S/C20H23N5O/c1-4-7-16-11-15(3)12-17(8-5-2)25(16)20(26)18-9-6-10-19(23-18)24-13-21-22-14-24/h4-6,9-11,13-14,16-17H,1-2,7-8,12H2,3H3/t16-,17-/m0/s1. The van der Waals surface area contributed by atoms with Crippen LogP contribution in [-0.2, 0) is 0 Å². The Hall–Kier alpha value is -3.02. The van der Waals surface area contributed by atoms with E-state index < -0.39 is 0 Å². The maximum atomic E-state index is 13.3. The van der Waals surface area contributed by atoms with Crippen LogP contribution in [0, 0.1) is 0 Å². The van der Waals surface area contributed by atoms with Crippen molar-refractivity contribution < 1.29 is 4.79 Å². The zero-order valence-electron chi connectivity index (χ0n) is 15.0. The van der Waals surface area contributed by atoms with E-state index in [2.05, 4.69) is 41.3 Å². The van der Waals surface area contributed by atoms with E-state index in [1.807, 2.05) is 29.2 Å². The van der Waals surface area contributed by atoms with Gasteiger partial charge in [0, 0.05) is 6.04 Å². The fourth-order valence-corrected chi connectivity index (χ4v) is 3.41. The third kappa shape index (κ3) is 3.64. The van der Waals surface area contributed by atoms with Gasteiger partial charge in [0.1, 0.15) is 24.2 Å². The van der Waals surface area contributed by atoms with Gasteiger partial charge < -0.3 is 4.90 Å². The number of rotatable bonds is 6. The van der Waals surface area contributed by atoms with Gasteiger partial charge in [-0.2, -0.15) is 0 Å². The molecule has 1 aliphatic rings. The number of hydrogen-bond donors (Lipinski definition) is 0. The van der Waals surface area contributed by atoms with E-state index in [4.69, 9.17) is 0 Å². The molecule has 6 heteroatoms.